The lowest BCUT2D eigenvalue weighted by molar-refractivity contribution is 0.315. The first-order valence-electron chi connectivity index (χ1n) is 14.0. The molecule has 0 amide bonds. The van der Waals surface area contributed by atoms with Gasteiger partial charge in [0.15, 0.2) is 0 Å². The van der Waals surface area contributed by atoms with E-state index < -0.39 is 0 Å². The van der Waals surface area contributed by atoms with Crippen molar-refractivity contribution in [2.75, 3.05) is 0 Å². The molecule has 0 radical (unpaired) electrons. The summed E-state index contributed by atoms with van der Waals surface area (Å²) in [5.41, 5.74) is 1.22. The van der Waals surface area contributed by atoms with E-state index in [2.05, 4.69) is 32.9 Å². The van der Waals surface area contributed by atoms with Gasteiger partial charge in [-0.2, -0.15) is 0 Å². The topological polar surface area (TPSA) is 20.2 Å². The van der Waals surface area contributed by atoms with Gasteiger partial charge in [0.2, 0.25) is 0 Å². The van der Waals surface area contributed by atoms with Crippen LogP contribution in [0, 0.1) is 5.92 Å². The highest BCUT2D eigenvalue weighted by Crippen LogP contribution is 2.40. The van der Waals surface area contributed by atoms with Crippen LogP contribution in [0.2, 0.25) is 0 Å². The van der Waals surface area contributed by atoms with Crippen molar-refractivity contribution in [1.29, 1.82) is 0 Å². The molecule has 1 aromatic rings. The molecule has 2 unspecified atom stereocenters. The molecule has 1 aromatic carbocycles. The van der Waals surface area contributed by atoms with Crippen LogP contribution in [0.4, 0.5) is 0 Å². The first-order chi connectivity index (χ1) is 15.2. The molecule has 1 N–H and O–H groups in total. The molecule has 0 saturated heterocycles. The number of phenolic OH excluding ortho intramolecular Hbond substituents is 1. The van der Waals surface area contributed by atoms with E-state index >= 15 is 0 Å². The second-order valence-electron chi connectivity index (χ2n) is 9.89. The van der Waals surface area contributed by atoms with Gasteiger partial charge >= 0.3 is 0 Å². The lowest BCUT2D eigenvalue weighted by atomic mass is 9.76. The van der Waals surface area contributed by atoms with Crippen LogP contribution in [0.3, 0.4) is 0 Å². The number of phenols is 1. The molecule has 0 spiro atoms. The molecule has 1 nitrogen and oxygen atoms in total. The molecule has 1 heteroatoms. The summed E-state index contributed by atoms with van der Waals surface area (Å²) < 4.78 is 0. The first-order valence-corrected chi connectivity index (χ1v) is 14.0. The van der Waals surface area contributed by atoms with Crippen LogP contribution in [0.15, 0.2) is 24.3 Å². The monoisotopic (exact) mass is 430 g/mol. The fourth-order valence-electron chi connectivity index (χ4n) is 5.16. The van der Waals surface area contributed by atoms with Gasteiger partial charge in [-0.1, -0.05) is 142 Å². The maximum atomic E-state index is 10.7. The Bertz CT molecular complexity index is 509. The Balaban J connectivity index is 2.70. The number of benzene rings is 1. The normalized spacial score (nSPS) is 13.4. The van der Waals surface area contributed by atoms with E-state index in [1.165, 1.54) is 128 Å². The van der Waals surface area contributed by atoms with Gasteiger partial charge in [0.05, 0.1) is 0 Å². The van der Waals surface area contributed by atoms with E-state index in [4.69, 9.17) is 0 Å². The highest BCUT2D eigenvalue weighted by Gasteiger charge is 2.24. The van der Waals surface area contributed by atoms with E-state index in [-0.39, 0.29) is 0 Å². The van der Waals surface area contributed by atoms with Crippen molar-refractivity contribution < 1.29 is 5.11 Å². The number of hydrogen-bond acceptors (Lipinski definition) is 1. The number of para-hydroxylation sites is 1. The molecule has 0 bridgehead atoms. The summed E-state index contributed by atoms with van der Waals surface area (Å²) in [6.07, 6.45) is 25.7. The van der Waals surface area contributed by atoms with Gasteiger partial charge in [-0.3, -0.25) is 0 Å². The molecule has 0 aliphatic heterocycles. The third-order valence-electron chi connectivity index (χ3n) is 7.13. The van der Waals surface area contributed by atoms with E-state index in [0.29, 0.717) is 11.7 Å². The van der Waals surface area contributed by atoms with Gasteiger partial charge in [0, 0.05) is 0 Å². The molecule has 180 valence electrons. The van der Waals surface area contributed by atoms with Crippen LogP contribution in [-0.2, 0) is 0 Å². The number of hydrogen-bond donors (Lipinski definition) is 1. The second-order valence-corrected chi connectivity index (χ2v) is 9.89. The molecule has 0 fully saturated rings. The minimum Gasteiger partial charge on any atom is -0.508 e. The van der Waals surface area contributed by atoms with Crippen molar-refractivity contribution in [3.8, 4) is 5.75 Å². The second kappa shape index (κ2) is 19.7. The van der Waals surface area contributed by atoms with Crippen LogP contribution in [-0.4, -0.2) is 5.11 Å². The number of aromatic hydroxyl groups is 1. The van der Waals surface area contributed by atoms with Crippen molar-refractivity contribution in [1.82, 2.24) is 0 Å². The van der Waals surface area contributed by atoms with E-state index in [0.717, 1.165) is 5.92 Å². The SMILES string of the molecule is CCCCCCCCCC(c1ccccc1O)C(CCCCC)CCCCCCCC. The maximum absolute atomic E-state index is 10.7. The summed E-state index contributed by atoms with van der Waals surface area (Å²) in [4.78, 5) is 0. The first kappa shape index (κ1) is 28.1. The highest BCUT2D eigenvalue weighted by atomic mass is 16.3. The minimum atomic E-state index is 0.527. The number of unbranched alkanes of at least 4 members (excludes halogenated alkanes) is 13. The van der Waals surface area contributed by atoms with Crippen LogP contribution in [0.5, 0.6) is 5.75 Å². The molecule has 0 aromatic heterocycles. The van der Waals surface area contributed by atoms with Crippen LogP contribution < -0.4 is 0 Å². The van der Waals surface area contributed by atoms with Gasteiger partial charge < -0.3 is 5.11 Å². The average Bonchev–Trinajstić information content (AvgIpc) is 2.78. The third kappa shape index (κ3) is 13.2. The van der Waals surface area contributed by atoms with Gasteiger partial charge in [0.1, 0.15) is 5.75 Å². The molecule has 31 heavy (non-hydrogen) atoms. The van der Waals surface area contributed by atoms with E-state index in [9.17, 15) is 5.11 Å². The zero-order valence-electron chi connectivity index (χ0n) is 21.3. The van der Waals surface area contributed by atoms with Crippen molar-refractivity contribution in [2.24, 2.45) is 5.92 Å². The van der Waals surface area contributed by atoms with Crippen LogP contribution in [0.1, 0.15) is 154 Å². The largest absolute Gasteiger partial charge is 0.508 e. The van der Waals surface area contributed by atoms with Crippen LogP contribution in [0.25, 0.3) is 0 Å². The summed E-state index contributed by atoms with van der Waals surface area (Å²) in [5, 5.41) is 10.7. The van der Waals surface area contributed by atoms with Gasteiger partial charge in [-0.15, -0.1) is 0 Å². The zero-order chi connectivity index (χ0) is 22.6. The van der Waals surface area contributed by atoms with Crippen molar-refractivity contribution >= 4 is 0 Å². The lowest BCUT2D eigenvalue weighted by Crippen LogP contribution is -2.14. The third-order valence-corrected chi connectivity index (χ3v) is 7.13. The Morgan fingerprint density at radius 2 is 0.968 bits per heavy atom. The Hall–Kier alpha value is -0.980. The summed E-state index contributed by atoms with van der Waals surface area (Å²) >= 11 is 0. The van der Waals surface area contributed by atoms with Gasteiger partial charge in [-0.05, 0) is 42.7 Å². The molecule has 0 aliphatic rings. The summed E-state index contributed by atoms with van der Waals surface area (Å²) in [6, 6.07) is 8.21. The zero-order valence-corrected chi connectivity index (χ0v) is 21.3. The predicted molar refractivity (Wildman–Crippen MR) is 139 cm³/mol. The minimum absolute atomic E-state index is 0.527. The van der Waals surface area contributed by atoms with Gasteiger partial charge in [-0.25, -0.2) is 0 Å². The highest BCUT2D eigenvalue weighted by molar-refractivity contribution is 5.35. The van der Waals surface area contributed by atoms with E-state index in [1.54, 1.807) is 0 Å². The molecule has 0 aliphatic carbocycles. The summed E-state index contributed by atoms with van der Waals surface area (Å²) in [5.74, 6) is 1.79. The fourth-order valence-corrected chi connectivity index (χ4v) is 5.16. The average molecular weight is 431 g/mol. The van der Waals surface area contributed by atoms with Crippen molar-refractivity contribution in [3.63, 3.8) is 0 Å². The fraction of sp³-hybridized carbons (Fsp3) is 0.800. The molecule has 0 saturated carbocycles. The van der Waals surface area contributed by atoms with E-state index in [1.807, 2.05) is 12.1 Å². The quantitative estimate of drug-likeness (QED) is 0.192. The Morgan fingerprint density at radius 3 is 1.52 bits per heavy atom. The van der Waals surface area contributed by atoms with Crippen molar-refractivity contribution in [2.45, 2.75) is 149 Å². The molecule has 2 atom stereocenters. The molecular formula is C30H54O. The molecule has 0 heterocycles. The van der Waals surface area contributed by atoms with Crippen LogP contribution >= 0.6 is 0 Å². The standard InChI is InChI=1S/C30H54O/c1-4-7-10-12-14-16-19-24-28(29-25-20-21-26-30(29)31)27(22-17-9-6-3)23-18-15-13-11-8-5-2/h20-21,25-28,31H,4-19,22-24H2,1-3H3. The summed E-state index contributed by atoms with van der Waals surface area (Å²) in [7, 11) is 0. The Kier molecular flexibility index (Phi) is 17.8. The number of rotatable bonds is 21. The maximum Gasteiger partial charge on any atom is 0.119 e. The predicted octanol–water partition coefficient (Wildman–Crippen LogP) is 10.6. The molecule has 1 rings (SSSR count). The Morgan fingerprint density at radius 1 is 0.548 bits per heavy atom. The smallest absolute Gasteiger partial charge is 0.119 e. The molecular weight excluding hydrogens is 376 g/mol. The Labute approximate surface area is 195 Å². The van der Waals surface area contributed by atoms with Gasteiger partial charge in [0.25, 0.3) is 0 Å². The van der Waals surface area contributed by atoms with Crippen molar-refractivity contribution in [3.05, 3.63) is 29.8 Å². The lowest BCUT2D eigenvalue weighted by Gasteiger charge is -2.29. The summed E-state index contributed by atoms with van der Waals surface area (Å²) in [6.45, 7) is 6.89.